The van der Waals surface area contributed by atoms with E-state index in [0.29, 0.717) is 41.3 Å². The maximum atomic E-state index is 13.4. The largest absolute Gasteiger partial charge is 0.493 e. The summed E-state index contributed by atoms with van der Waals surface area (Å²) in [7, 11) is 0. The third-order valence-electron chi connectivity index (χ3n) is 6.37. The molecule has 4 rings (SSSR count). The molecule has 0 atom stereocenters. The van der Waals surface area contributed by atoms with Gasteiger partial charge in [-0.05, 0) is 73.7 Å². The van der Waals surface area contributed by atoms with Gasteiger partial charge in [0.15, 0.2) is 0 Å². The second-order valence-electron chi connectivity index (χ2n) is 9.83. The average Bonchev–Trinajstić information content (AvgIpc) is 3.32. The standard InChI is InChI=1S/C31H32N4O3/c1-6-14-34-30(36)27(22(5)28(17-32)31(34)37)16-23-18-35(24-10-8-7-9-11-24)33-29(23)26-13-12-25(15-21(26)4)38-19-20(2)3/h7-13,15-16,18,20H,6,14,19H2,1-5H3/b27-16+. The van der Waals surface area contributed by atoms with Crippen molar-refractivity contribution in [3.05, 3.63) is 82.6 Å². The highest BCUT2D eigenvalue weighted by molar-refractivity contribution is 6.19. The van der Waals surface area contributed by atoms with Crippen molar-refractivity contribution in [3.63, 3.8) is 0 Å². The first-order valence-corrected chi connectivity index (χ1v) is 12.8. The van der Waals surface area contributed by atoms with E-state index in [1.807, 2.05) is 74.6 Å². The maximum absolute atomic E-state index is 13.4. The molecule has 2 aromatic carbocycles. The van der Waals surface area contributed by atoms with E-state index in [0.717, 1.165) is 27.5 Å². The van der Waals surface area contributed by atoms with Crippen molar-refractivity contribution >= 4 is 17.9 Å². The highest BCUT2D eigenvalue weighted by Gasteiger charge is 2.35. The fourth-order valence-electron chi connectivity index (χ4n) is 4.38. The number of hydrogen-bond donors (Lipinski definition) is 0. The number of aryl methyl sites for hydroxylation is 1. The quantitative estimate of drug-likeness (QED) is 0.280. The molecule has 0 N–H and O–H groups in total. The van der Waals surface area contributed by atoms with Gasteiger partial charge < -0.3 is 4.74 Å². The van der Waals surface area contributed by atoms with E-state index in [1.54, 1.807) is 17.7 Å². The van der Waals surface area contributed by atoms with Crippen LogP contribution < -0.4 is 4.74 Å². The first-order valence-electron chi connectivity index (χ1n) is 12.8. The minimum Gasteiger partial charge on any atom is -0.493 e. The third-order valence-corrected chi connectivity index (χ3v) is 6.37. The molecule has 2 heterocycles. The summed E-state index contributed by atoms with van der Waals surface area (Å²) in [5.41, 5.74) is 4.83. The van der Waals surface area contributed by atoms with Crippen LogP contribution in [-0.4, -0.2) is 39.6 Å². The monoisotopic (exact) mass is 508 g/mol. The van der Waals surface area contributed by atoms with Crippen LogP contribution in [0.1, 0.15) is 45.2 Å². The van der Waals surface area contributed by atoms with E-state index in [2.05, 4.69) is 13.8 Å². The van der Waals surface area contributed by atoms with Crippen LogP contribution in [0.4, 0.5) is 0 Å². The zero-order valence-electron chi connectivity index (χ0n) is 22.5. The maximum Gasteiger partial charge on any atom is 0.271 e. The zero-order chi connectivity index (χ0) is 27.4. The van der Waals surface area contributed by atoms with Crippen LogP contribution in [0.2, 0.25) is 0 Å². The summed E-state index contributed by atoms with van der Waals surface area (Å²) in [6.07, 6.45) is 4.21. The van der Waals surface area contributed by atoms with E-state index in [4.69, 9.17) is 9.84 Å². The van der Waals surface area contributed by atoms with Gasteiger partial charge in [0.2, 0.25) is 0 Å². The Hall–Kier alpha value is -4.44. The molecule has 0 bridgehead atoms. The number of imide groups is 1. The average molecular weight is 509 g/mol. The topological polar surface area (TPSA) is 88.2 Å². The Labute approximate surface area is 223 Å². The molecule has 3 aromatic rings. The molecule has 1 aromatic heterocycles. The number of para-hydroxylation sites is 1. The van der Waals surface area contributed by atoms with E-state index >= 15 is 0 Å². The van der Waals surface area contributed by atoms with Crippen LogP contribution in [0.3, 0.4) is 0 Å². The molecule has 194 valence electrons. The fraction of sp³-hybridized carbons (Fsp3) is 0.290. The molecule has 0 saturated carbocycles. The number of hydrogen-bond acceptors (Lipinski definition) is 5. The van der Waals surface area contributed by atoms with Crippen molar-refractivity contribution in [2.45, 2.75) is 41.0 Å². The normalized spacial score (nSPS) is 15.0. The molecule has 0 unspecified atom stereocenters. The van der Waals surface area contributed by atoms with Crippen molar-refractivity contribution < 1.29 is 14.3 Å². The SMILES string of the molecule is CCCN1C(=O)C(C#N)=C(C)/C(=C\c2cn(-c3ccccc3)nc2-c2ccc(OCC(C)C)cc2C)C1=O. The molecule has 0 fully saturated rings. The minimum atomic E-state index is -0.540. The van der Waals surface area contributed by atoms with Crippen LogP contribution in [-0.2, 0) is 9.59 Å². The van der Waals surface area contributed by atoms with Crippen LogP contribution in [0, 0.1) is 24.2 Å². The smallest absolute Gasteiger partial charge is 0.271 e. The molecule has 7 heteroatoms. The minimum absolute atomic E-state index is 0.0101. The third kappa shape index (κ3) is 5.30. The molecular weight excluding hydrogens is 476 g/mol. The van der Waals surface area contributed by atoms with Gasteiger partial charge in [0, 0.05) is 29.4 Å². The van der Waals surface area contributed by atoms with Crippen LogP contribution >= 0.6 is 0 Å². The lowest BCUT2D eigenvalue weighted by molar-refractivity contribution is -0.140. The number of aromatic nitrogens is 2. The van der Waals surface area contributed by atoms with Crippen LogP contribution in [0.15, 0.2) is 71.4 Å². The van der Waals surface area contributed by atoms with Crippen molar-refractivity contribution in [1.29, 1.82) is 5.26 Å². The van der Waals surface area contributed by atoms with Gasteiger partial charge in [0.05, 0.1) is 12.3 Å². The number of rotatable bonds is 8. The Kier molecular flexibility index (Phi) is 7.92. The highest BCUT2D eigenvalue weighted by Crippen LogP contribution is 2.33. The molecule has 1 aliphatic rings. The molecule has 0 aliphatic carbocycles. The summed E-state index contributed by atoms with van der Waals surface area (Å²) in [4.78, 5) is 27.4. The van der Waals surface area contributed by atoms with Gasteiger partial charge in [-0.1, -0.05) is 39.0 Å². The molecular formula is C31H32N4O3. The number of carbonyl (C=O) groups is 2. The van der Waals surface area contributed by atoms with Crippen molar-refractivity contribution in [2.75, 3.05) is 13.2 Å². The number of nitriles is 1. The molecule has 7 nitrogen and oxygen atoms in total. The molecule has 0 saturated heterocycles. The van der Waals surface area contributed by atoms with E-state index in [1.165, 1.54) is 0 Å². The summed E-state index contributed by atoms with van der Waals surface area (Å²) >= 11 is 0. The molecule has 1 aliphatic heterocycles. The number of benzene rings is 2. The molecule has 2 amide bonds. The van der Waals surface area contributed by atoms with Gasteiger partial charge in [-0.25, -0.2) is 4.68 Å². The zero-order valence-corrected chi connectivity index (χ0v) is 22.5. The first-order chi connectivity index (χ1) is 18.2. The Morgan fingerprint density at radius 2 is 1.82 bits per heavy atom. The summed E-state index contributed by atoms with van der Waals surface area (Å²) < 4.78 is 7.68. The van der Waals surface area contributed by atoms with Crippen molar-refractivity contribution in [2.24, 2.45) is 5.92 Å². The van der Waals surface area contributed by atoms with Crippen molar-refractivity contribution in [3.8, 4) is 28.8 Å². The predicted molar refractivity (Wildman–Crippen MR) is 147 cm³/mol. The van der Waals surface area contributed by atoms with Crippen molar-refractivity contribution in [1.82, 2.24) is 14.7 Å². The van der Waals surface area contributed by atoms with Gasteiger partial charge in [-0.2, -0.15) is 10.4 Å². The Morgan fingerprint density at radius 3 is 2.45 bits per heavy atom. The van der Waals surface area contributed by atoms with E-state index < -0.39 is 11.8 Å². The van der Waals surface area contributed by atoms with Crippen LogP contribution in [0.5, 0.6) is 5.75 Å². The first kappa shape index (κ1) is 26.6. The summed E-state index contributed by atoms with van der Waals surface area (Å²) in [6.45, 7) is 10.6. The van der Waals surface area contributed by atoms with E-state index in [9.17, 15) is 14.9 Å². The lowest BCUT2D eigenvalue weighted by atomic mass is 9.92. The number of amides is 2. The summed E-state index contributed by atoms with van der Waals surface area (Å²) in [5.74, 6) is 0.260. The Morgan fingerprint density at radius 1 is 1.08 bits per heavy atom. The Balaban J connectivity index is 1.88. The number of carbonyl (C=O) groups excluding carboxylic acids is 2. The summed E-state index contributed by atoms with van der Waals surface area (Å²) in [5, 5.41) is 14.6. The Bertz CT molecular complexity index is 1470. The second-order valence-corrected chi connectivity index (χ2v) is 9.83. The van der Waals surface area contributed by atoms with Gasteiger partial charge in [0.1, 0.15) is 23.1 Å². The predicted octanol–water partition coefficient (Wildman–Crippen LogP) is 5.88. The highest BCUT2D eigenvalue weighted by atomic mass is 16.5. The molecule has 0 radical (unpaired) electrons. The van der Waals surface area contributed by atoms with Gasteiger partial charge >= 0.3 is 0 Å². The lowest BCUT2D eigenvalue weighted by Crippen LogP contribution is -2.43. The fourth-order valence-corrected chi connectivity index (χ4v) is 4.38. The van der Waals surface area contributed by atoms with Crippen LogP contribution in [0.25, 0.3) is 23.0 Å². The molecule has 0 spiro atoms. The number of nitrogens with zero attached hydrogens (tertiary/aromatic N) is 4. The number of ether oxygens (including phenoxy) is 1. The second kappa shape index (κ2) is 11.3. The van der Waals surface area contributed by atoms with Gasteiger partial charge in [-0.3, -0.25) is 14.5 Å². The van der Waals surface area contributed by atoms with E-state index in [-0.39, 0.29) is 12.1 Å². The molecule has 38 heavy (non-hydrogen) atoms. The van der Waals surface area contributed by atoms with Gasteiger partial charge in [-0.15, -0.1) is 0 Å². The lowest BCUT2D eigenvalue weighted by Gasteiger charge is -2.27. The van der Waals surface area contributed by atoms with Gasteiger partial charge in [0.25, 0.3) is 11.8 Å². The summed E-state index contributed by atoms with van der Waals surface area (Å²) in [6, 6.07) is 17.6.